The standard InChI is InChI=1S/C14H11FO2/c1-9-2-4-10(5-3-9)12-8-11(14(16)17)6-7-13(12)15/h2-8H,1H3,(H,16,17). The molecule has 0 radical (unpaired) electrons. The molecule has 0 atom stereocenters. The van der Waals surface area contributed by atoms with Crippen LogP contribution < -0.4 is 0 Å². The minimum Gasteiger partial charge on any atom is -0.478 e. The molecule has 0 saturated heterocycles. The van der Waals surface area contributed by atoms with Gasteiger partial charge in [0.25, 0.3) is 0 Å². The molecule has 86 valence electrons. The van der Waals surface area contributed by atoms with Gasteiger partial charge in [-0.25, -0.2) is 9.18 Å². The number of carboxylic acid groups (broad SMARTS) is 1. The Morgan fingerprint density at radius 3 is 2.35 bits per heavy atom. The summed E-state index contributed by atoms with van der Waals surface area (Å²) in [5.41, 5.74) is 2.15. The normalized spacial score (nSPS) is 10.2. The third-order valence-electron chi connectivity index (χ3n) is 2.58. The fourth-order valence-corrected chi connectivity index (χ4v) is 1.61. The zero-order chi connectivity index (χ0) is 12.4. The average Bonchev–Trinajstić information content (AvgIpc) is 2.31. The van der Waals surface area contributed by atoms with E-state index in [0.717, 1.165) is 5.56 Å². The van der Waals surface area contributed by atoms with Crippen molar-refractivity contribution in [1.82, 2.24) is 0 Å². The minimum absolute atomic E-state index is 0.0852. The zero-order valence-corrected chi connectivity index (χ0v) is 9.27. The maximum atomic E-state index is 13.6. The lowest BCUT2D eigenvalue weighted by molar-refractivity contribution is 0.0697. The first kappa shape index (κ1) is 11.3. The van der Waals surface area contributed by atoms with Crippen molar-refractivity contribution in [1.29, 1.82) is 0 Å². The van der Waals surface area contributed by atoms with E-state index in [0.29, 0.717) is 11.1 Å². The fraction of sp³-hybridized carbons (Fsp3) is 0.0714. The number of aromatic carboxylic acids is 1. The Balaban J connectivity index is 2.54. The smallest absolute Gasteiger partial charge is 0.335 e. The molecule has 2 rings (SSSR count). The van der Waals surface area contributed by atoms with Gasteiger partial charge in [0.1, 0.15) is 5.82 Å². The summed E-state index contributed by atoms with van der Waals surface area (Å²) in [6, 6.07) is 11.1. The molecule has 0 aliphatic heterocycles. The van der Waals surface area contributed by atoms with Crippen LogP contribution in [0.25, 0.3) is 11.1 Å². The van der Waals surface area contributed by atoms with E-state index in [4.69, 9.17) is 5.11 Å². The SMILES string of the molecule is Cc1ccc(-c2cc(C(=O)O)ccc2F)cc1. The Kier molecular flexibility index (Phi) is 2.91. The molecule has 2 aromatic carbocycles. The Labute approximate surface area is 98.3 Å². The van der Waals surface area contributed by atoms with Crippen LogP contribution in [0.2, 0.25) is 0 Å². The van der Waals surface area contributed by atoms with Crippen LogP contribution in [0.1, 0.15) is 15.9 Å². The van der Waals surface area contributed by atoms with Crippen LogP contribution >= 0.6 is 0 Å². The topological polar surface area (TPSA) is 37.3 Å². The Morgan fingerprint density at radius 1 is 1.12 bits per heavy atom. The number of hydrogen-bond acceptors (Lipinski definition) is 1. The summed E-state index contributed by atoms with van der Waals surface area (Å²) >= 11 is 0. The molecule has 3 heteroatoms. The maximum Gasteiger partial charge on any atom is 0.335 e. The summed E-state index contributed by atoms with van der Waals surface area (Å²) < 4.78 is 13.6. The third-order valence-corrected chi connectivity index (χ3v) is 2.58. The van der Waals surface area contributed by atoms with Gasteiger partial charge in [-0.2, -0.15) is 0 Å². The van der Waals surface area contributed by atoms with Gasteiger partial charge in [-0.05, 0) is 30.7 Å². The van der Waals surface area contributed by atoms with E-state index in [1.807, 2.05) is 19.1 Å². The van der Waals surface area contributed by atoms with Gasteiger partial charge < -0.3 is 5.11 Å². The van der Waals surface area contributed by atoms with Crippen molar-refractivity contribution in [2.24, 2.45) is 0 Å². The van der Waals surface area contributed by atoms with E-state index >= 15 is 0 Å². The molecular formula is C14H11FO2. The highest BCUT2D eigenvalue weighted by molar-refractivity contribution is 5.89. The molecule has 0 bridgehead atoms. The molecule has 0 fully saturated rings. The lowest BCUT2D eigenvalue weighted by atomic mass is 10.0. The molecule has 0 unspecified atom stereocenters. The van der Waals surface area contributed by atoms with Gasteiger partial charge in [-0.15, -0.1) is 0 Å². The van der Waals surface area contributed by atoms with Crippen LogP contribution in [0.4, 0.5) is 4.39 Å². The molecule has 0 spiro atoms. The second kappa shape index (κ2) is 4.37. The van der Waals surface area contributed by atoms with Crippen molar-refractivity contribution >= 4 is 5.97 Å². The molecule has 0 aromatic heterocycles. The van der Waals surface area contributed by atoms with E-state index < -0.39 is 11.8 Å². The number of carbonyl (C=O) groups is 1. The number of rotatable bonds is 2. The van der Waals surface area contributed by atoms with E-state index in [9.17, 15) is 9.18 Å². The predicted octanol–water partition coefficient (Wildman–Crippen LogP) is 3.50. The first-order valence-electron chi connectivity index (χ1n) is 5.18. The highest BCUT2D eigenvalue weighted by Gasteiger charge is 2.09. The molecular weight excluding hydrogens is 219 g/mol. The third kappa shape index (κ3) is 2.33. The summed E-state index contributed by atoms with van der Waals surface area (Å²) in [6.07, 6.45) is 0. The van der Waals surface area contributed by atoms with Crippen molar-refractivity contribution in [3.8, 4) is 11.1 Å². The molecule has 17 heavy (non-hydrogen) atoms. The molecule has 2 nitrogen and oxygen atoms in total. The first-order chi connectivity index (χ1) is 8.08. The number of aryl methyl sites for hydroxylation is 1. The Morgan fingerprint density at radius 2 is 1.76 bits per heavy atom. The molecule has 1 N–H and O–H groups in total. The van der Waals surface area contributed by atoms with E-state index in [1.54, 1.807) is 12.1 Å². The van der Waals surface area contributed by atoms with Crippen LogP contribution in [0.3, 0.4) is 0 Å². The molecule has 0 aliphatic carbocycles. The lowest BCUT2D eigenvalue weighted by Crippen LogP contribution is -1.97. The second-order valence-corrected chi connectivity index (χ2v) is 3.87. The van der Waals surface area contributed by atoms with Gasteiger partial charge >= 0.3 is 5.97 Å². The molecule has 0 amide bonds. The summed E-state index contributed by atoms with van der Waals surface area (Å²) in [5, 5.41) is 8.87. The molecule has 0 heterocycles. The molecule has 2 aromatic rings. The summed E-state index contributed by atoms with van der Waals surface area (Å²) in [7, 11) is 0. The predicted molar refractivity (Wildman–Crippen MR) is 63.5 cm³/mol. The van der Waals surface area contributed by atoms with Crippen molar-refractivity contribution in [3.63, 3.8) is 0 Å². The van der Waals surface area contributed by atoms with Gasteiger partial charge in [0, 0.05) is 5.56 Å². The monoisotopic (exact) mass is 230 g/mol. The van der Waals surface area contributed by atoms with Crippen molar-refractivity contribution < 1.29 is 14.3 Å². The van der Waals surface area contributed by atoms with E-state index in [2.05, 4.69) is 0 Å². The highest BCUT2D eigenvalue weighted by atomic mass is 19.1. The number of benzene rings is 2. The van der Waals surface area contributed by atoms with Gasteiger partial charge in [0.2, 0.25) is 0 Å². The second-order valence-electron chi connectivity index (χ2n) is 3.87. The van der Waals surface area contributed by atoms with Gasteiger partial charge in [0.05, 0.1) is 5.56 Å². The quantitative estimate of drug-likeness (QED) is 0.857. The number of hydrogen-bond donors (Lipinski definition) is 1. The maximum absolute atomic E-state index is 13.6. The van der Waals surface area contributed by atoms with Crippen molar-refractivity contribution in [2.45, 2.75) is 6.92 Å². The summed E-state index contributed by atoms with van der Waals surface area (Å²) in [5.74, 6) is -1.47. The zero-order valence-electron chi connectivity index (χ0n) is 9.27. The largest absolute Gasteiger partial charge is 0.478 e. The van der Waals surface area contributed by atoms with Crippen LogP contribution in [-0.4, -0.2) is 11.1 Å². The van der Waals surface area contributed by atoms with Crippen LogP contribution in [0.5, 0.6) is 0 Å². The summed E-state index contributed by atoms with van der Waals surface area (Å²) in [6.45, 7) is 1.94. The van der Waals surface area contributed by atoms with Crippen LogP contribution in [-0.2, 0) is 0 Å². The number of carboxylic acids is 1. The summed E-state index contributed by atoms with van der Waals surface area (Å²) in [4.78, 5) is 10.8. The fourth-order valence-electron chi connectivity index (χ4n) is 1.61. The minimum atomic E-state index is -1.06. The van der Waals surface area contributed by atoms with Gasteiger partial charge in [-0.1, -0.05) is 29.8 Å². The molecule has 0 aliphatic rings. The molecule has 0 saturated carbocycles. The van der Waals surface area contributed by atoms with Gasteiger partial charge in [0.15, 0.2) is 0 Å². The lowest BCUT2D eigenvalue weighted by Gasteiger charge is -2.05. The van der Waals surface area contributed by atoms with E-state index in [-0.39, 0.29) is 5.56 Å². The van der Waals surface area contributed by atoms with Crippen molar-refractivity contribution in [3.05, 3.63) is 59.4 Å². The van der Waals surface area contributed by atoms with Gasteiger partial charge in [-0.3, -0.25) is 0 Å². The average molecular weight is 230 g/mol. The highest BCUT2D eigenvalue weighted by Crippen LogP contribution is 2.24. The van der Waals surface area contributed by atoms with Crippen molar-refractivity contribution in [2.75, 3.05) is 0 Å². The van der Waals surface area contributed by atoms with E-state index in [1.165, 1.54) is 18.2 Å². The van der Waals surface area contributed by atoms with Crippen LogP contribution in [0.15, 0.2) is 42.5 Å². The first-order valence-corrected chi connectivity index (χ1v) is 5.18. The number of halogens is 1. The Hall–Kier alpha value is -2.16. The Bertz CT molecular complexity index is 559. The van der Waals surface area contributed by atoms with Crippen LogP contribution in [0, 0.1) is 12.7 Å².